The number of aryl methyl sites for hydroxylation is 1. The smallest absolute Gasteiger partial charge is 0.266 e. The number of nitrogens with zero attached hydrogens (tertiary/aromatic N) is 1. The molecule has 1 amide bonds. The second kappa shape index (κ2) is 7.84. The lowest BCUT2D eigenvalue weighted by Crippen LogP contribution is -2.13. The highest BCUT2D eigenvalue weighted by Crippen LogP contribution is 2.28. The quantitative estimate of drug-likeness (QED) is 0.675. The van der Waals surface area contributed by atoms with Crippen LogP contribution in [-0.2, 0) is 4.79 Å². The monoisotopic (exact) mass is 322 g/mol. The van der Waals surface area contributed by atoms with Gasteiger partial charge in [-0.05, 0) is 48.4 Å². The van der Waals surface area contributed by atoms with Crippen LogP contribution >= 0.6 is 0 Å². The molecule has 2 rings (SSSR count). The number of anilines is 1. The molecule has 0 saturated heterocycles. The van der Waals surface area contributed by atoms with Crippen LogP contribution < -0.4 is 14.8 Å². The number of methoxy groups -OCH3 is 2. The molecule has 0 spiro atoms. The van der Waals surface area contributed by atoms with E-state index in [4.69, 9.17) is 9.47 Å². The molecule has 24 heavy (non-hydrogen) atoms. The van der Waals surface area contributed by atoms with Gasteiger partial charge >= 0.3 is 0 Å². The zero-order valence-electron chi connectivity index (χ0n) is 13.8. The number of carbonyl (C=O) groups is 1. The second-order valence-electron chi connectivity index (χ2n) is 5.11. The number of nitriles is 1. The van der Waals surface area contributed by atoms with Gasteiger partial charge in [-0.15, -0.1) is 0 Å². The summed E-state index contributed by atoms with van der Waals surface area (Å²) in [5.41, 5.74) is 2.34. The molecule has 0 aromatic heterocycles. The van der Waals surface area contributed by atoms with Crippen molar-refractivity contribution in [3.63, 3.8) is 0 Å². The number of hydrogen-bond acceptors (Lipinski definition) is 4. The molecule has 0 bridgehead atoms. The van der Waals surface area contributed by atoms with E-state index in [1.165, 1.54) is 13.2 Å². The molecule has 0 unspecified atom stereocenters. The molecule has 2 aromatic carbocycles. The van der Waals surface area contributed by atoms with E-state index in [0.717, 1.165) is 5.56 Å². The Morgan fingerprint density at radius 2 is 1.88 bits per heavy atom. The van der Waals surface area contributed by atoms with E-state index in [1.807, 2.05) is 31.2 Å². The van der Waals surface area contributed by atoms with Gasteiger partial charge in [0.1, 0.15) is 11.6 Å². The molecule has 2 aromatic rings. The van der Waals surface area contributed by atoms with Crippen molar-refractivity contribution < 1.29 is 14.3 Å². The second-order valence-corrected chi connectivity index (χ2v) is 5.11. The largest absolute Gasteiger partial charge is 0.493 e. The minimum absolute atomic E-state index is 0.00345. The third-order valence-electron chi connectivity index (χ3n) is 3.36. The molecular weight excluding hydrogens is 304 g/mol. The van der Waals surface area contributed by atoms with Crippen LogP contribution in [0.4, 0.5) is 5.69 Å². The van der Waals surface area contributed by atoms with Crippen LogP contribution in [0.25, 0.3) is 6.08 Å². The standard InChI is InChI=1S/C19H18N2O3/c1-13-5-4-6-16(9-13)21-19(22)15(12-20)10-14-7-8-17(23-2)18(11-14)24-3/h4-11H,1-3H3,(H,21,22). The molecule has 5 nitrogen and oxygen atoms in total. The van der Waals surface area contributed by atoms with Gasteiger partial charge in [0.15, 0.2) is 11.5 Å². The van der Waals surface area contributed by atoms with Gasteiger partial charge in [0.2, 0.25) is 0 Å². The van der Waals surface area contributed by atoms with Crippen molar-refractivity contribution in [2.24, 2.45) is 0 Å². The van der Waals surface area contributed by atoms with Crippen LogP contribution in [0.5, 0.6) is 11.5 Å². The Labute approximate surface area is 141 Å². The first kappa shape index (κ1) is 17.1. The highest BCUT2D eigenvalue weighted by atomic mass is 16.5. The Bertz CT molecular complexity index is 820. The first-order valence-corrected chi connectivity index (χ1v) is 7.29. The molecule has 0 atom stereocenters. The number of hydrogen-bond donors (Lipinski definition) is 1. The molecule has 122 valence electrons. The first-order chi connectivity index (χ1) is 11.6. The van der Waals surface area contributed by atoms with E-state index in [-0.39, 0.29) is 5.57 Å². The fraction of sp³-hybridized carbons (Fsp3) is 0.158. The van der Waals surface area contributed by atoms with Gasteiger partial charge in [-0.3, -0.25) is 4.79 Å². The van der Waals surface area contributed by atoms with Gasteiger partial charge in [-0.25, -0.2) is 0 Å². The number of rotatable bonds is 5. The van der Waals surface area contributed by atoms with Gasteiger partial charge < -0.3 is 14.8 Å². The van der Waals surface area contributed by atoms with E-state index >= 15 is 0 Å². The van der Waals surface area contributed by atoms with Gasteiger partial charge in [0, 0.05) is 5.69 Å². The maximum atomic E-state index is 12.3. The average Bonchev–Trinajstić information content (AvgIpc) is 2.59. The fourth-order valence-corrected chi connectivity index (χ4v) is 2.18. The van der Waals surface area contributed by atoms with Gasteiger partial charge in [0.25, 0.3) is 5.91 Å². The maximum absolute atomic E-state index is 12.3. The topological polar surface area (TPSA) is 71.3 Å². The Morgan fingerprint density at radius 3 is 2.50 bits per heavy atom. The summed E-state index contributed by atoms with van der Waals surface area (Å²) in [7, 11) is 3.07. The molecular formula is C19H18N2O3. The Balaban J connectivity index is 2.25. The number of nitrogens with one attached hydrogen (secondary N) is 1. The average molecular weight is 322 g/mol. The molecule has 0 saturated carbocycles. The Kier molecular flexibility index (Phi) is 5.58. The predicted molar refractivity (Wildman–Crippen MR) is 92.9 cm³/mol. The highest BCUT2D eigenvalue weighted by molar-refractivity contribution is 6.09. The summed E-state index contributed by atoms with van der Waals surface area (Å²) < 4.78 is 10.4. The molecule has 0 aliphatic carbocycles. The number of benzene rings is 2. The van der Waals surface area contributed by atoms with Crippen molar-refractivity contribution in [1.29, 1.82) is 5.26 Å². The summed E-state index contributed by atoms with van der Waals surface area (Å²) in [6.45, 7) is 1.93. The number of ether oxygens (including phenoxy) is 2. The lowest BCUT2D eigenvalue weighted by molar-refractivity contribution is -0.112. The molecule has 0 radical (unpaired) electrons. The predicted octanol–water partition coefficient (Wildman–Crippen LogP) is 3.56. The minimum atomic E-state index is -0.460. The lowest BCUT2D eigenvalue weighted by atomic mass is 10.1. The number of carbonyl (C=O) groups excluding carboxylic acids is 1. The van der Waals surface area contributed by atoms with Crippen molar-refractivity contribution in [1.82, 2.24) is 0 Å². The fourth-order valence-electron chi connectivity index (χ4n) is 2.18. The SMILES string of the molecule is COc1ccc(C=C(C#N)C(=O)Nc2cccc(C)c2)cc1OC. The van der Waals surface area contributed by atoms with Gasteiger partial charge in [-0.1, -0.05) is 18.2 Å². The first-order valence-electron chi connectivity index (χ1n) is 7.29. The van der Waals surface area contributed by atoms with Gasteiger partial charge in [0.05, 0.1) is 14.2 Å². The zero-order valence-corrected chi connectivity index (χ0v) is 13.8. The van der Waals surface area contributed by atoms with Crippen molar-refractivity contribution >= 4 is 17.7 Å². The molecule has 0 aliphatic rings. The van der Waals surface area contributed by atoms with Crippen molar-refractivity contribution in [2.75, 3.05) is 19.5 Å². The summed E-state index contributed by atoms with van der Waals surface area (Å²) in [5, 5.41) is 12.0. The highest BCUT2D eigenvalue weighted by Gasteiger charge is 2.11. The lowest BCUT2D eigenvalue weighted by Gasteiger charge is -2.08. The molecule has 0 fully saturated rings. The van der Waals surface area contributed by atoms with Crippen molar-refractivity contribution in [3.8, 4) is 17.6 Å². The maximum Gasteiger partial charge on any atom is 0.266 e. The normalized spacial score (nSPS) is 10.7. The zero-order chi connectivity index (χ0) is 17.5. The van der Waals surface area contributed by atoms with Crippen LogP contribution in [0.1, 0.15) is 11.1 Å². The summed E-state index contributed by atoms with van der Waals surface area (Å²) in [6, 6.07) is 14.5. The van der Waals surface area contributed by atoms with Crippen LogP contribution in [0.2, 0.25) is 0 Å². The minimum Gasteiger partial charge on any atom is -0.493 e. The van der Waals surface area contributed by atoms with Crippen LogP contribution in [0.15, 0.2) is 48.0 Å². The summed E-state index contributed by atoms with van der Waals surface area (Å²) in [6.07, 6.45) is 1.51. The van der Waals surface area contributed by atoms with E-state index in [1.54, 1.807) is 31.4 Å². The Hall–Kier alpha value is -3.26. The van der Waals surface area contributed by atoms with E-state index in [2.05, 4.69) is 5.32 Å². The number of amides is 1. The molecule has 5 heteroatoms. The van der Waals surface area contributed by atoms with E-state index in [9.17, 15) is 10.1 Å². The van der Waals surface area contributed by atoms with Crippen molar-refractivity contribution in [2.45, 2.75) is 6.92 Å². The third kappa shape index (κ3) is 4.14. The van der Waals surface area contributed by atoms with Crippen LogP contribution in [-0.4, -0.2) is 20.1 Å². The summed E-state index contributed by atoms with van der Waals surface area (Å²) in [5.74, 6) is 0.651. The summed E-state index contributed by atoms with van der Waals surface area (Å²) in [4.78, 5) is 12.3. The van der Waals surface area contributed by atoms with Crippen LogP contribution in [0, 0.1) is 18.3 Å². The summed E-state index contributed by atoms with van der Waals surface area (Å²) >= 11 is 0. The van der Waals surface area contributed by atoms with Crippen molar-refractivity contribution in [3.05, 3.63) is 59.2 Å². The van der Waals surface area contributed by atoms with E-state index < -0.39 is 5.91 Å². The Morgan fingerprint density at radius 1 is 1.12 bits per heavy atom. The van der Waals surface area contributed by atoms with Gasteiger partial charge in [-0.2, -0.15) is 5.26 Å². The third-order valence-corrected chi connectivity index (χ3v) is 3.36. The van der Waals surface area contributed by atoms with Crippen LogP contribution in [0.3, 0.4) is 0 Å². The molecule has 0 heterocycles. The molecule has 0 aliphatic heterocycles. The van der Waals surface area contributed by atoms with E-state index in [0.29, 0.717) is 22.7 Å². The molecule has 1 N–H and O–H groups in total.